The predicted octanol–water partition coefficient (Wildman–Crippen LogP) is 1.85. The lowest BCUT2D eigenvalue weighted by Gasteiger charge is -2.26. The molecule has 0 atom stereocenters. The van der Waals surface area contributed by atoms with Crippen LogP contribution in [0, 0.1) is 0 Å². The summed E-state index contributed by atoms with van der Waals surface area (Å²) < 4.78 is 0. The van der Waals surface area contributed by atoms with Gasteiger partial charge in [0.05, 0.1) is 11.0 Å². The van der Waals surface area contributed by atoms with E-state index in [9.17, 15) is 4.79 Å². The van der Waals surface area contributed by atoms with E-state index in [1.165, 1.54) is 19.3 Å². The Balaban J connectivity index is 1.56. The Kier molecular flexibility index (Phi) is 4.40. The number of rotatable bonds is 4. The van der Waals surface area contributed by atoms with Gasteiger partial charge in [-0.1, -0.05) is 6.42 Å². The van der Waals surface area contributed by atoms with Crippen molar-refractivity contribution in [3.63, 3.8) is 0 Å². The lowest BCUT2D eigenvalue weighted by atomic mass is 10.1. The lowest BCUT2D eigenvalue weighted by Crippen LogP contribution is -2.37. The van der Waals surface area contributed by atoms with Crippen molar-refractivity contribution in [2.75, 3.05) is 26.2 Å². The SMILES string of the molecule is O=C(NCCN1CCCCC1)c1ccc2nccnc2c1. The maximum absolute atomic E-state index is 12.2. The molecule has 2 aromatic rings. The fraction of sp³-hybridized carbons (Fsp3) is 0.438. The first-order valence-corrected chi connectivity index (χ1v) is 7.54. The summed E-state index contributed by atoms with van der Waals surface area (Å²) in [5.41, 5.74) is 2.20. The quantitative estimate of drug-likeness (QED) is 0.931. The van der Waals surface area contributed by atoms with Crippen LogP contribution >= 0.6 is 0 Å². The third-order valence-electron chi connectivity index (χ3n) is 3.89. The molecule has 0 saturated carbocycles. The minimum atomic E-state index is -0.0421. The van der Waals surface area contributed by atoms with Gasteiger partial charge < -0.3 is 10.2 Å². The monoisotopic (exact) mass is 284 g/mol. The van der Waals surface area contributed by atoms with E-state index in [4.69, 9.17) is 0 Å². The van der Waals surface area contributed by atoms with Gasteiger partial charge in [0.15, 0.2) is 0 Å². The Bertz CT molecular complexity index is 622. The first-order valence-electron chi connectivity index (χ1n) is 7.54. The Hall–Kier alpha value is -2.01. The van der Waals surface area contributed by atoms with Gasteiger partial charge in [-0.3, -0.25) is 14.8 Å². The molecule has 2 heterocycles. The molecule has 0 bridgehead atoms. The number of aromatic nitrogens is 2. The molecule has 1 fully saturated rings. The van der Waals surface area contributed by atoms with Crippen molar-refractivity contribution >= 4 is 16.9 Å². The van der Waals surface area contributed by atoms with Gasteiger partial charge in [0.1, 0.15) is 0 Å². The molecule has 0 unspecified atom stereocenters. The first-order chi connectivity index (χ1) is 10.3. The molecule has 0 spiro atoms. The third-order valence-corrected chi connectivity index (χ3v) is 3.89. The molecule has 1 aliphatic heterocycles. The van der Waals surface area contributed by atoms with Crippen molar-refractivity contribution in [3.8, 4) is 0 Å². The molecule has 21 heavy (non-hydrogen) atoms. The summed E-state index contributed by atoms with van der Waals surface area (Å²) in [6.07, 6.45) is 7.18. The van der Waals surface area contributed by atoms with Crippen molar-refractivity contribution < 1.29 is 4.79 Å². The summed E-state index contributed by atoms with van der Waals surface area (Å²) in [5, 5.41) is 2.98. The molecule has 1 N–H and O–H groups in total. The van der Waals surface area contributed by atoms with Crippen LogP contribution in [-0.4, -0.2) is 47.0 Å². The summed E-state index contributed by atoms with van der Waals surface area (Å²) in [7, 11) is 0. The lowest BCUT2D eigenvalue weighted by molar-refractivity contribution is 0.0946. The van der Waals surface area contributed by atoms with Crippen LogP contribution in [0.3, 0.4) is 0 Å². The van der Waals surface area contributed by atoms with Gasteiger partial charge in [0, 0.05) is 31.0 Å². The highest BCUT2D eigenvalue weighted by molar-refractivity contribution is 5.97. The molecule has 110 valence electrons. The highest BCUT2D eigenvalue weighted by atomic mass is 16.1. The summed E-state index contributed by atoms with van der Waals surface area (Å²) in [5.74, 6) is -0.0421. The van der Waals surface area contributed by atoms with Crippen LogP contribution in [0.25, 0.3) is 11.0 Å². The van der Waals surface area contributed by atoms with Gasteiger partial charge in [0.25, 0.3) is 5.91 Å². The van der Waals surface area contributed by atoms with Crippen molar-refractivity contribution in [3.05, 3.63) is 36.2 Å². The zero-order valence-corrected chi connectivity index (χ0v) is 12.1. The molecule has 3 rings (SSSR count). The first kappa shape index (κ1) is 13.9. The van der Waals surface area contributed by atoms with Crippen LogP contribution in [0.2, 0.25) is 0 Å². The summed E-state index contributed by atoms with van der Waals surface area (Å²) in [6.45, 7) is 3.93. The second kappa shape index (κ2) is 6.63. The summed E-state index contributed by atoms with van der Waals surface area (Å²) >= 11 is 0. The zero-order valence-electron chi connectivity index (χ0n) is 12.1. The summed E-state index contributed by atoms with van der Waals surface area (Å²) in [6, 6.07) is 5.42. The van der Waals surface area contributed by atoms with Gasteiger partial charge in [-0.25, -0.2) is 0 Å². The molecule has 5 heteroatoms. The number of hydrogen-bond acceptors (Lipinski definition) is 4. The molecule has 0 aliphatic carbocycles. The smallest absolute Gasteiger partial charge is 0.251 e. The van der Waals surface area contributed by atoms with E-state index in [1.54, 1.807) is 24.5 Å². The van der Waals surface area contributed by atoms with Crippen molar-refractivity contribution in [1.82, 2.24) is 20.2 Å². The Morgan fingerprint density at radius 1 is 1.10 bits per heavy atom. The average Bonchev–Trinajstić information content (AvgIpc) is 2.55. The molecule has 0 radical (unpaired) electrons. The fourth-order valence-corrected chi connectivity index (χ4v) is 2.72. The second-order valence-corrected chi connectivity index (χ2v) is 5.42. The molecular weight excluding hydrogens is 264 g/mol. The van der Waals surface area contributed by atoms with Crippen LogP contribution in [0.15, 0.2) is 30.6 Å². The minimum absolute atomic E-state index is 0.0421. The van der Waals surface area contributed by atoms with Crippen LogP contribution in [0.1, 0.15) is 29.6 Å². The van der Waals surface area contributed by atoms with Crippen LogP contribution in [-0.2, 0) is 0 Å². The Morgan fingerprint density at radius 3 is 2.67 bits per heavy atom. The molecule has 1 aromatic carbocycles. The number of nitrogens with zero attached hydrogens (tertiary/aromatic N) is 3. The van der Waals surface area contributed by atoms with E-state index in [-0.39, 0.29) is 5.91 Å². The van der Waals surface area contributed by atoms with E-state index < -0.39 is 0 Å². The van der Waals surface area contributed by atoms with Crippen molar-refractivity contribution in [2.45, 2.75) is 19.3 Å². The van der Waals surface area contributed by atoms with Crippen LogP contribution in [0.4, 0.5) is 0 Å². The molecular formula is C16H20N4O. The standard InChI is InChI=1S/C16H20N4O/c21-16(19-8-11-20-9-2-1-3-10-20)13-4-5-14-15(12-13)18-7-6-17-14/h4-7,12H,1-3,8-11H2,(H,19,21). The van der Waals surface area contributed by atoms with Crippen LogP contribution in [0.5, 0.6) is 0 Å². The highest BCUT2D eigenvalue weighted by Gasteiger charge is 2.11. The Morgan fingerprint density at radius 2 is 1.86 bits per heavy atom. The van der Waals surface area contributed by atoms with Gasteiger partial charge in [-0.05, 0) is 44.1 Å². The second-order valence-electron chi connectivity index (χ2n) is 5.42. The van der Waals surface area contributed by atoms with Crippen LogP contribution < -0.4 is 5.32 Å². The predicted molar refractivity (Wildman–Crippen MR) is 82.2 cm³/mol. The summed E-state index contributed by atoms with van der Waals surface area (Å²) in [4.78, 5) is 23.0. The number of hydrogen-bond donors (Lipinski definition) is 1. The topological polar surface area (TPSA) is 58.1 Å². The number of carbonyl (C=O) groups excluding carboxylic acids is 1. The van der Waals surface area contributed by atoms with E-state index in [0.717, 1.165) is 30.7 Å². The van der Waals surface area contributed by atoms with E-state index in [1.807, 2.05) is 6.07 Å². The van der Waals surface area contributed by atoms with E-state index in [0.29, 0.717) is 12.1 Å². The molecule has 1 aliphatic rings. The maximum Gasteiger partial charge on any atom is 0.251 e. The van der Waals surface area contributed by atoms with Gasteiger partial charge in [0.2, 0.25) is 0 Å². The number of benzene rings is 1. The molecule has 1 aromatic heterocycles. The fourth-order valence-electron chi connectivity index (χ4n) is 2.72. The average molecular weight is 284 g/mol. The van der Waals surface area contributed by atoms with Gasteiger partial charge in [-0.15, -0.1) is 0 Å². The number of piperidine rings is 1. The van der Waals surface area contributed by atoms with Crippen molar-refractivity contribution in [1.29, 1.82) is 0 Å². The van der Waals surface area contributed by atoms with Crippen molar-refractivity contribution in [2.24, 2.45) is 0 Å². The van der Waals surface area contributed by atoms with E-state index >= 15 is 0 Å². The number of likely N-dealkylation sites (tertiary alicyclic amines) is 1. The minimum Gasteiger partial charge on any atom is -0.351 e. The Labute approximate surface area is 124 Å². The van der Waals surface area contributed by atoms with E-state index in [2.05, 4.69) is 20.2 Å². The number of amides is 1. The number of carbonyl (C=O) groups is 1. The number of nitrogens with one attached hydrogen (secondary N) is 1. The zero-order chi connectivity index (χ0) is 14.5. The largest absolute Gasteiger partial charge is 0.351 e. The molecule has 1 saturated heterocycles. The third kappa shape index (κ3) is 3.55. The molecule has 5 nitrogen and oxygen atoms in total. The number of fused-ring (bicyclic) bond motifs is 1. The van der Waals surface area contributed by atoms with Gasteiger partial charge >= 0.3 is 0 Å². The normalized spacial score (nSPS) is 16.0. The maximum atomic E-state index is 12.2. The molecule has 1 amide bonds. The highest BCUT2D eigenvalue weighted by Crippen LogP contribution is 2.11. The van der Waals surface area contributed by atoms with Gasteiger partial charge in [-0.2, -0.15) is 0 Å².